The van der Waals surface area contributed by atoms with Gasteiger partial charge in [-0.2, -0.15) is 0 Å². The van der Waals surface area contributed by atoms with Crippen molar-refractivity contribution in [3.8, 4) is 5.75 Å². The van der Waals surface area contributed by atoms with E-state index in [-0.39, 0.29) is 18.2 Å². The molecule has 0 aliphatic carbocycles. The summed E-state index contributed by atoms with van der Waals surface area (Å²) in [7, 11) is 0. The summed E-state index contributed by atoms with van der Waals surface area (Å²) in [6.07, 6.45) is 5.72. The first-order valence-electron chi connectivity index (χ1n) is 13.2. The van der Waals surface area contributed by atoms with Crippen LogP contribution in [0.3, 0.4) is 0 Å². The van der Waals surface area contributed by atoms with Crippen LogP contribution in [0.4, 0.5) is 0 Å². The molecule has 4 N–H and O–H groups in total. The maximum Gasteiger partial charge on any atom is 0.329 e. The number of hydrogen-bond donors (Lipinski definition) is 3. The first-order chi connectivity index (χ1) is 17.6. The summed E-state index contributed by atoms with van der Waals surface area (Å²) in [6.45, 7) is 5.57. The van der Waals surface area contributed by atoms with Crippen molar-refractivity contribution in [2.24, 2.45) is 17.6 Å². The molecule has 9 heteroatoms. The quantitative estimate of drug-likeness (QED) is 0.354. The van der Waals surface area contributed by atoms with Gasteiger partial charge in [-0.25, -0.2) is 4.79 Å². The van der Waals surface area contributed by atoms with Crippen molar-refractivity contribution >= 4 is 17.7 Å². The van der Waals surface area contributed by atoms with E-state index < -0.39 is 47.6 Å². The lowest BCUT2D eigenvalue weighted by molar-refractivity contribution is -0.227. The van der Waals surface area contributed by atoms with Crippen molar-refractivity contribution in [2.75, 3.05) is 6.54 Å². The zero-order valence-electron chi connectivity index (χ0n) is 22.0. The molecule has 1 aromatic rings. The lowest BCUT2D eigenvalue weighted by Crippen LogP contribution is -2.62. The monoisotopic (exact) mass is 516 g/mol. The standard InChI is InChI=1S/C28H40N2O7/c1-4-21(16-20-8-7-9-22(31)17-20)24(13-14-29)36-26(33)23-10-5-6-15-30(23)27(34)28(35)25(32)18(2)11-12-19(3)37-28/h7-9,13-14,17-19,21,23-24,31,35H,4-6,10-12,15-16,29H2,1-3H3/b14-13+. The molecule has 2 aliphatic rings. The number of phenolic OH excluding ortho intramolecular Hbond substituents is 1. The summed E-state index contributed by atoms with van der Waals surface area (Å²) in [5.74, 6) is -5.34. The highest BCUT2D eigenvalue weighted by Crippen LogP contribution is 2.31. The minimum Gasteiger partial charge on any atom is -0.508 e. The summed E-state index contributed by atoms with van der Waals surface area (Å²) in [6, 6.07) is 5.95. The van der Waals surface area contributed by atoms with Crippen LogP contribution in [0.15, 0.2) is 36.5 Å². The predicted octanol–water partition coefficient (Wildman–Crippen LogP) is 2.82. The van der Waals surface area contributed by atoms with Gasteiger partial charge in [-0.05, 0) is 81.8 Å². The number of carbonyl (C=O) groups excluding carboxylic acids is 3. The van der Waals surface area contributed by atoms with Gasteiger partial charge in [-0.15, -0.1) is 0 Å². The molecule has 1 aromatic carbocycles. The molecule has 0 radical (unpaired) electrons. The first kappa shape index (κ1) is 28.7. The van der Waals surface area contributed by atoms with E-state index in [2.05, 4.69) is 0 Å². The zero-order valence-corrected chi connectivity index (χ0v) is 22.0. The summed E-state index contributed by atoms with van der Waals surface area (Å²) < 4.78 is 11.5. The van der Waals surface area contributed by atoms with Crippen molar-refractivity contribution < 1.29 is 34.1 Å². The van der Waals surface area contributed by atoms with Crippen LogP contribution in [-0.4, -0.2) is 63.4 Å². The van der Waals surface area contributed by atoms with Gasteiger partial charge in [0.2, 0.25) is 5.78 Å². The third kappa shape index (κ3) is 6.70. The zero-order chi connectivity index (χ0) is 27.2. The molecule has 37 heavy (non-hydrogen) atoms. The summed E-state index contributed by atoms with van der Waals surface area (Å²) in [4.78, 5) is 41.3. The van der Waals surface area contributed by atoms with E-state index in [0.29, 0.717) is 44.9 Å². The average Bonchev–Trinajstić information content (AvgIpc) is 2.98. The van der Waals surface area contributed by atoms with Crippen LogP contribution in [0, 0.1) is 11.8 Å². The number of ketones is 1. The Bertz CT molecular complexity index is 996. The first-order valence-corrected chi connectivity index (χ1v) is 13.2. The molecule has 2 heterocycles. The van der Waals surface area contributed by atoms with Crippen molar-refractivity contribution in [1.29, 1.82) is 0 Å². The number of rotatable bonds is 8. The van der Waals surface area contributed by atoms with Gasteiger partial charge in [0.25, 0.3) is 5.91 Å². The molecule has 0 spiro atoms. The van der Waals surface area contributed by atoms with Crippen molar-refractivity contribution in [3.63, 3.8) is 0 Å². The SMILES string of the molecule is CCC(Cc1cccc(O)c1)C(/C=C/N)OC(=O)C1CCCCN1C(=O)C1(O)OC(C)CCC(C)C1=O. The molecule has 0 saturated carbocycles. The number of esters is 1. The lowest BCUT2D eigenvalue weighted by Gasteiger charge is -2.39. The second-order valence-electron chi connectivity index (χ2n) is 10.3. The van der Waals surface area contributed by atoms with E-state index in [4.69, 9.17) is 15.2 Å². The number of nitrogens with zero attached hydrogens (tertiary/aromatic N) is 1. The van der Waals surface area contributed by atoms with E-state index in [9.17, 15) is 24.6 Å². The number of amides is 1. The smallest absolute Gasteiger partial charge is 0.329 e. The lowest BCUT2D eigenvalue weighted by atomic mass is 9.91. The molecular formula is C28H40N2O7. The normalized spacial score (nSPS) is 28.5. The fraction of sp³-hybridized carbons (Fsp3) is 0.607. The minimum atomic E-state index is -2.62. The van der Waals surface area contributed by atoms with E-state index in [1.165, 1.54) is 11.1 Å². The second kappa shape index (κ2) is 12.6. The summed E-state index contributed by atoms with van der Waals surface area (Å²) in [5.41, 5.74) is 6.57. The number of aromatic hydroxyl groups is 1. The van der Waals surface area contributed by atoms with E-state index in [1.54, 1.807) is 38.1 Å². The van der Waals surface area contributed by atoms with Crippen LogP contribution < -0.4 is 5.73 Å². The van der Waals surface area contributed by atoms with Crippen molar-refractivity contribution in [1.82, 2.24) is 4.90 Å². The third-order valence-corrected chi connectivity index (χ3v) is 7.44. The fourth-order valence-corrected chi connectivity index (χ4v) is 5.22. The number of phenols is 1. The number of carbonyl (C=O) groups is 3. The molecule has 6 atom stereocenters. The Morgan fingerprint density at radius 1 is 1.27 bits per heavy atom. The number of piperidine rings is 1. The molecule has 1 amide bonds. The Balaban J connectivity index is 1.81. The van der Waals surface area contributed by atoms with E-state index >= 15 is 0 Å². The molecule has 3 rings (SSSR count). The molecular weight excluding hydrogens is 476 g/mol. The maximum atomic E-state index is 13.6. The van der Waals surface area contributed by atoms with Gasteiger partial charge in [-0.3, -0.25) is 9.59 Å². The van der Waals surface area contributed by atoms with Gasteiger partial charge < -0.3 is 30.3 Å². The van der Waals surface area contributed by atoms with Crippen LogP contribution in [0.1, 0.15) is 64.9 Å². The van der Waals surface area contributed by atoms with Gasteiger partial charge in [0.05, 0.1) is 6.10 Å². The Morgan fingerprint density at radius 3 is 2.70 bits per heavy atom. The van der Waals surface area contributed by atoms with Gasteiger partial charge in [0, 0.05) is 18.4 Å². The number of likely N-dealkylation sites (tertiary alicyclic amines) is 1. The maximum absolute atomic E-state index is 13.6. The second-order valence-corrected chi connectivity index (χ2v) is 10.3. The Labute approximate surface area is 218 Å². The highest BCUT2D eigenvalue weighted by atomic mass is 16.6. The number of benzene rings is 1. The molecule has 204 valence electrons. The number of hydrogen-bond acceptors (Lipinski definition) is 8. The van der Waals surface area contributed by atoms with Gasteiger partial charge in [-0.1, -0.05) is 26.0 Å². The number of aliphatic hydroxyl groups is 1. The van der Waals surface area contributed by atoms with E-state index in [1.807, 2.05) is 13.0 Å². The minimum absolute atomic E-state index is 0.129. The van der Waals surface area contributed by atoms with Crippen LogP contribution in [0.2, 0.25) is 0 Å². The van der Waals surface area contributed by atoms with Gasteiger partial charge in [0.1, 0.15) is 17.9 Å². The highest BCUT2D eigenvalue weighted by Gasteiger charge is 2.54. The topological polar surface area (TPSA) is 139 Å². The van der Waals surface area contributed by atoms with Gasteiger partial charge in [0.15, 0.2) is 0 Å². The van der Waals surface area contributed by atoms with Crippen LogP contribution in [0.5, 0.6) is 5.75 Å². The number of Topliss-reactive ketones (excluding diaryl/α,β-unsaturated/α-hetero) is 1. The molecule has 0 aromatic heterocycles. The molecule has 2 aliphatic heterocycles. The fourth-order valence-electron chi connectivity index (χ4n) is 5.22. The van der Waals surface area contributed by atoms with Gasteiger partial charge >= 0.3 is 11.8 Å². The molecule has 2 fully saturated rings. The molecule has 2 saturated heterocycles. The Morgan fingerprint density at radius 2 is 2.03 bits per heavy atom. The third-order valence-electron chi connectivity index (χ3n) is 7.44. The number of nitrogens with two attached hydrogens (primary N) is 1. The molecule has 9 nitrogen and oxygen atoms in total. The Hall–Kier alpha value is -2.91. The van der Waals surface area contributed by atoms with Crippen molar-refractivity contribution in [3.05, 3.63) is 42.1 Å². The summed E-state index contributed by atoms with van der Waals surface area (Å²) >= 11 is 0. The molecule has 6 unspecified atom stereocenters. The Kier molecular flexibility index (Phi) is 9.73. The predicted molar refractivity (Wildman–Crippen MR) is 137 cm³/mol. The average molecular weight is 517 g/mol. The summed E-state index contributed by atoms with van der Waals surface area (Å²) in [5, 5.41) is 21.0. The largest absolute Gasteiger partial charge is 0.508 e. The van der Waals surface area contributed by atoms with Crippen LogP contribution >= 0.6 is 0 Å². The molecule has 0 bridgehead atoms. The number of ether oxygens (including phenoxy) is 2. The highest BCUT2D eigenvalue weighted by molar-refractivity contribution is 6.09. The van der Waals surface area contributed by atoms with Crippen LogP contribution in [0.25, 0.3) is 0 Å². The van der Waals surface area contributed by atoms with E-state index in [0.717, 1.165) is 5.56 Å². The van der Waals surface area contributed by atoms with Crippen molar-refractivity contribution in [2.45, 2.75) is 89.8 Å². The van der Waals surface area contributed by atoms with Crippen LogP contribution in [-0.2, 0) is 30.3 Å².